The maximum absolute atomic E-state index is 5.41. The van der Waals surface area contributed by atoms with E-state index in [1.165, 1.54) is 21.7 Å². The molecule has 23 heavy (non-hydrogen) atoms. The highest BCUT2D eigenvalue weighted by molar-refractivity contribution is 7.98. The molecule has 0 amide bonds. The Morgan fingerprint density at radius 1 is 1.13 bits per heavy atom. The number of nitrogens with one attached hydrogen (secondary N) is 1. The van der Waals surface area contributed by atoms with Gasteiger partial charge in [0.25, 0.3) is 0 Å². The lowest BCUT2D eigenvalue weighted by atomic mass is 9.77. The highest BCUT2D eigenvalue weighted by Gasteiger charge is 2.37. The predicted octanol–water partition coefficient (Wildman–Crippen LogP) is 5.24. The summed E-state index contributed by atoms with van der Waals surface area (Å²) in [7, 11) is 1.73. The van der Waals surface area contributed by atoms with Crippen LogP contribution in [0.4, 0.5) is 5.69 Å². The second-order valence-corrected chi connectivity index (χ2v) is 7.08. The van der Waals surface area contributed by atoms with Gasteiger partial charge in [0.1, 0.15) is 5.75 Å². The first kappa shape index (κ1) is 14.7. The van der Waals surface area contributed by atoms with E-state index < -0.39 is 0 Å². The first-order valence-electron chi connectivity index (χ1n) is 8.05. The molecule has 1 heterocycles. The fourth-order valence-corrected chi connectivity index (χ4v) is 4.25. The predicted molar refractivity (Wildman–Crippen MR) is 97.6 cm³/mol. The van der Waals surface area contributed by atoms with Crippen molar-refractivity contribution in [3.63, 3.8) is 0 Å². The zero-order valence-electron chi connectivity index (χ0n) is 13.5. The van der Waals surface area contributed by atoms with Crippen LogP contribution in [0, 0.1) is 5.92 Å². The molecule has 0 bridgehead atoms. The summed E-state index contributed by atoms with van der Waals surface area (Å²) in [5.41, 5.74) is 3.97. The minimum atomic E-state index is 0.367. The summed E-state index contributed by atoms with van der Waals surface area (Å²) in [4.78, 5) is 1.32. The van der Waals surface area contributed by atoms with Crippen LogP contribution in [0.2, 0.25) is 0 Å². The molecule has 1 N–H and O–H groups in total. The maximum Gasteiger partial charge on any atom is 0.119 e. The molecule has 3 unspecified atom stereocenters. The average molecular weight is 323 g/mol. The number of hydrogen-bond donors (Lipinski definition) is 1. The fraction of sp³-hybridized carbons (Fsp3) is 0.300. The second kappa shape index (κ2) is 5.97. The molecule has 1 aliphatic carbocycles. The number of allylic oxidation sites excluding steroid dienone is 2. The number of benzene rings is 2. The number of rotatable bonds is 3. The third-order valence-corrected chi connectivity index (χ3v) is 5.79. The van der Waals surface area contributed by atoms with Crippen molar-refractivity contribution in [2.24, 2.45) is 5.92 Å². The number of ether oxygens (including phenoxy) is 1. The maximum atomic E-state index is 5.41. The normalized spacial score (nSPS) is 24.7. The Bertz CT molecular complexity index is 738. The van der Waals surface area contributed by atoms with Crippen LogP contribution in [-0.2, 0) is 0 Å². The summed E-state index contributed by atoms with van der Waals surface area (Å²) in [6.07, 6.45) is 7.94. The van der Waals surface area contributed by atoms with Crippen molar-refractivity contribution in [2.75, 3.05) is 18.7 Å². The number of thioether (sulfide) groups is 1. The minimum absolute atomic E-state index is 0.367. The first-order valence-corrected chi connectivity index (χ1v) is 9.27. The van der Waals surface area contributed by atoms with Gasteiger partial charge >= 0.3 is 0 Å². The van der Waals surface area contributed by atoms with Crippen LogP contribution in [0.1, 0.15) is 29.5 Å². The van der Waals surface area contributed by atoms with Crippen LogP contribution in [-0.4, -0.2) is 13.4 Å². The lowest BCUT2D eigenvalue weighted by molar-refractivity contribution is 0.405. The van der Waals surface area contributed by atoms with Crippen molar-refractivity contribution in [3.05, 3.63) is 65.7 Å². The molecule has 118 valence electrons. The second-order valence-electron chi connectivity index (χ2n) is 6.20. The smallest absolute Gasteiger partial charge is 0.119 e. The van der Waals surface area contributed by atoms with Crippen molar-refractivity contribution in [1.29, 1.82) is 0 Å². The van der Waals surface area contributed by atoms with Crippen LogP contribution in [0.15, 0.2) is 59.5 Å². The first-order chi connectivity index (χ1) is 11.3. The van der Waals surface area contributed by atoms with E-state index in [4.69, 9.17) is 4.74 Å². The SMILES string of the molecule is COc1ccc2c(c1)C1C=CCC1C(c1ccc(SC)cc1)N2. The largest absolute Gasteiger partial charge is 0.497 e. The summed E-state index contributed by atoms with van der Waals surface area (Å²) < 4.78 is 5.41. The molecule has 0 radical (unpaired) electrons. The third kappa shape index (κ3) is 2.53. The quantitative estimate of drug-likeness (QED) is 0.616. The van der Waals surface area contributed by atoms with E-state index in [9.17, 15) is 0 Å². The lowest BCUT2D eigenvalue weighted by Gasteiger charge is -2.37. The molecule has 0 saturated heterocycles. The van der Waals surface area contributed by atoms with Crippen LogP contribution in [0.25, 0.3) is 0 Å². The Balaban J connectivity index is 1.72. The molecule has 3 heteroatoms. The van der Waals surface area contributed by atoms with E-state index in [0.29, 0.717) is 17.9 Å². The van der Waals surface area contributed by atoms with Crippen LogP contribution < -0.4 is 10.1 Å². The summed E-state index contributed by atoms with van der Waals surface area (Å²) in [5.74, 6) is 1.99. The Kier molecular flexibility index (Phi) is 3.82. The topological polar surface area (TPSA) is 21.3 Å². The summed E-state index contributed by atoms with van der Waals surface area (Å²) >= 11 is 1.79. The highest BCUT2D eigenvalue weighted by atomic mass is 32.2. The van der Waals surface area contributed by atoms with Gasteiger partial charge in [-0.1, -0.05) is 24.3 Å². The van der Waals surface area contributed by atoms with Crippen molar-refractivity contribution >= 4 is 17.4 Å². The van der Waals surface area contributed by atoms with Gasteiger partial charge in [-0.05, 0) is 60.1 Å². The molecular formula is C20H21NOS. The monoisotopic (exact) mass is 323 g/mol. The summed E-state index contributed by atoms with van der Waals surface area (Å²) in [6, 6.07) is 15.7. The summed E-state index contributed by atoms with van der Waals surface area (Å²) in [6.45, 7) is 0. The lowest BCUT2D eigenvalue weighted by Crippen LogP contribution is -2.29. The molecule has 1 aliphatic heterocycles. The molecule has 2 nitrogen and oxygen atoms in total. The molecule has 0 fully saturated rings. The van der Waals surface area contributed by atoms with Gasteiger partial charge in [0.15, 0.2) is 0 Å². The van der Waals surface area contributed by atoms with E-state index in [-0.39, 0.29) is 0 Å². The van der Waals surface area contributed by atoms with Gasteiger partial charge in [-0.25, -0.2) is 0 Å². The fourth-order valence-electron chi connectivity index (χ4n) is 3.84. The number of hydrogen-bond acceptors (Lipinski definition) is 3. The number of methoxy groups -OCH3 is 1. The Morgan fingerprint density at radius 2 is 1.96 bits per heavy atom. The molecule has 0 aromatic heterocycles. The Labute approximate surface area is 141 Å². The van der Waals surface area contributed by atoms with Gasteiger partial charge in [0.2, 0.25) is 0 Å². The standard InChI is InChI=1S/C20H21NOS/c1-22-14-8-11-19-18(12-14)16-4-3-5-17(16)20(21-19)13-6-9-15(23-2)10-7-13/h3-4,6-12,16-17,20-21H,5H2,1-2H3. The zero-order chi connectivity index (χ0) is 15.8. The van der Waals surface area contributed by atoms with Crippen molar-refractivity contribution in [3.8, 4) is 5.75 Å². The van der Waals surface area contributed by atoms with E-state index in [1.807, 2.05) is 6.07 Å². The van der Waals surface area contributed by atoms with Gasteiger partial charge in [-0.15, -0.1) is 11.8 Å². The van der Waals surface area contributed by atoms with Crippen molar-refractivity contribution in [2.45, 2.75) is 23.3 Å². The van der Waals surface area contributed by atoms with Crippen LogP contribution in [0.3, 0.4) is 0 Å². The molecular weight excluding hydrogens is 302 g/mol. The molecule has 3 atom stereocenters. The number of fused-ring (bicyclic) bond motifs is 3. The van der Waals surface area contributed by atoms with Gasteiger partial charge in [-0.3, -0.25) is 0 Å². The molecule has 0 saturated carbocycles. The van der Waals surface area contributed by atoms with Gasteiger partial charge in [-0.2, -0.15) is 0 Å². The van der Waals surface area contributed by atoms with E-state index in [2.05, 4.69) is 60.1 Å². The summed E-state index contributed by atoms with van der Waals surface area (Å²) in [5, 5.41) is 3.77. The van der Waals surface area contributed by atoms with Crippen LogP contribution >= 0.6 is 11.8 Å². The Morgan fingerprint density at radius 3 is 2.70 bits per heavy atom. The Hall–Kier alpha value is -1.87. The van der Waals surface area contributed by atoms with Gasteiger partial charge in [0.05, 0.1) is 13.2 Å². The van der Waals surface area contributed by atoms with E-state index >= 15 is 0 Å². The highest BCUT2D eigenvalue weighted by Crippen LogP contribution is 2.50. The van der Waals surface area contributed by atoms with Gasteiger partial charge < -0.3 is 10.1 Å². The van der Waals surface area contributed by atoms with Crippen LogP contribution in [0.5, 0.6) is 5.75 Å². The third-order valence-electron chi connectivity index (χ3n) is 5.04. The average Bonchev–Trinajstić information content (AvgIpc) is 3.11. The molecule has 2 aromatic rings. The zero-order valence-corrected chi connectivity index (χ0v) is 14.3. The van der Waals surface area contributed by atoms with Crippen molar-refractivity contribution < 1.29 is 4.74 Å². The minimum Gasteiger partial charge on any atom is -0.497 e. The van der Waals surface area contributed by atoms with E-state index in [0.717, 1.165) is 12.2 Å². The molecule has 2 aliphatic rings. The molecule has 2 aromatic carbocycles. The number of anilines is 1. The van der Waals surface area contributed by atoms with E-state index in [1.54, 1.807) is 18.9 Å². The molecule has 4 rings (SSSR count). The van der Waals surface area contributed by atoms with Crippen molar-refractivity contribution in [1.82, 2.24) is 0 Å². The molecule has 0 spiro atoms. The van der Waals surface area contributed by atoms with Gasteiger partial charge in [0, 0.05) is 16.5 Å².